The van der Waals surface area contributed by atoms with Crippen LogP contribution in [0.25, 0.3) is 97.1 Å². The van der Waals surface area contributed by atoms with Crippen LogP contribution in [0.2, 0.25) is 0 Å². The van der Waals surface area contributed by atoms with Crippen LogP contribution in [0.15, 0.2) is 170 Å². The van der Waals surface area contributed by atoms with E-state index in [9.17, 15) is 0 Å². The first kappa shape index (κ1) is 26.9. The summed E-state index contributed by atoms with van der Waals surface area (Å²) in [6.45, 7) is 0. The molecule has 0 amide bonds. The number of nitrogens with zero attached hydrogens (tertiary/aromatic N) is 2. The van der Waals surface area contributed by atoms with E-state index in [0.29, 0.717) is 0 Å². The molecule has 49 heavy (non-hydrogen) atoms. The number of para-hydroxylation sites is 3. The van der Waals surface area contributed by atoms with Crippen LogP contribution in [0.4, 0.5) is 0 Å². The van der Waals surface area contributed by atoms with Gasteiger partial charge < -0.3 is 9.13 Å². The molecule has 0 aliphatic heterocycles. The predicted octanol–water partition coefficient (Wildman–Crippen LogP) is 13.1. The van der Waals surface area contributed by atoms with Gasteiger partial charge in [0.1, 0.15) is 0 Å². The molecular weight excluding hydrogens is 613 g/mol. The fourth-order valence-electron chi connectivity index (χ4n) is 8.21. The molecule has 3 aromatic heterocycles. The molecule has 0 spiro atoms. The zero-order chi connectivity index (χ0) is 32.1. The molecule has 0 atom stereocenters. The fraction of sp³-hybridized carbons (Fsp3) is 0. The molecule has 3 heterocycles. The molecule has 0 unspecified atom stereocenters. The van der Waals surface area contributed by atoms with Gasteiger partial charge in [0.05, 0.1) is 22.1 Å². The maximum Gasteiger partial charge on any atom is 0.0634 e. The standard InChI is InChI=1S/C46H28N2S/c1-3-14-31(15-4-1)47-39-21-11-9-19-34(39)37-27-30(24-25-40(37)47)36-28-38-43-33-18-8-7-13-29(33)23-26-41(43)48(32-16-5-2-6-17-32)45(38)44-35-20-10-12-22-42(35)49-46(36)44/h1-28H. The second-order valence-corrected chi connectivity index (χ2v) is 13.9. The lowest BCUT2D eigenvalue weighted by atomic mass is 9.96. The number of rotatable bonds is 3. The van der Waals surface area contributed by atoms with Crippen molar-refractivity contribution in [3.8, 4) is 22.5 Å². The quantitative estimate of drug-likeness (QED) is 0.182. The number of benzene rings is 8. The maximum atomic E-state index is 2.50. The SMILES string of the molecule is c1ccc(-n2c3ccccc3c3cc(-c4cc5c6c7ccccc7ccc6n(-c6ccccc6)c5c5c4sc4ccccc45)ccc32)cc1. The van der Waals surface area contributed by atoms with Crippen molar-refractivity contribution in [2.45, 2.75) is 0 Å². The van der Waals surface area contributed by atoms with E-state index in [4.69, 9.17) is 0 Å². The maximum absolute atomic E-state index is 2.50. The van der Waals surface area contributed by atoms with Crippen LogP contribution in [-0.4, -0.2) is 9.13 Å². The van der Waals surface area contributed by atoms with Gasteiger partial charge in [0.15, 0.2) is 0 Å². The summed E-state index contributed by atoms with van der Waals surface area (Å²) in [7, 11) is 0. The van der Waals surface area contributed by atoms with Crippen LogP contribution in [0.5, 0.6) is 0 Å². The molecule has 228 valence electrons. The highest BCUT2D eigenvalue weighted by Gasteiger charge is 2.23. The summed E-state index contributed by atoms with van der Waals surface area (Å²) in [6, 6.07) is 62.3. The van der Waals surface area contributed by atoms with Crippen LogP contribution in [-0.2, 0) is 0 Å². The summed E-state index contributed by atoms with van der Waals surface area (Å²) < 4.78 is 7.53. The molecule has 0 aliphatic carbocycles. The summed E-state index contributed by atoms with van der Waals surface area (Å²) in [5.74, 6) is 0. The molecule has 11 rings (SSSR count). The summed E-state index contributed by atoms with van der Waals surface area (Å²) >= 11 is 1.91. The van der Waals surface area contributed by atoms with Crippen molar-refractivity contribution in [1.82, 2.24) is 9.13 Å². The van der Waals surface area contributed by atoms with Gasteiger partial charge >= 0.3 is 0 Å². The topological polar surface area (TPSA) is 9.86 Å². The first-order chi connectivity index (χ1) is 24.3. The van der Waals surface area contributed by atoms with Gasteiger partial charge in [0, 0.05) is 58.7 Å². The van der Waals surface area contributed by atoms with E-state index in [0.717, 1.165) is 0 Å². The molecule has 0 fully saturated rings. The molecule has 3 heteroatoms. The van der Waals surface area contributed by atoms with E-state index in [1.807, 2.05) is 11.3 Å². The number of hydrogen-bond donors (Lipinski definition) is 0. The third-order valence-electron chi connectivity index (χ3n) is 10.3. The molecule has 2 nitrogen and oxygen atoms in total. The predicted molar refractivity (Wildman–Crippen MR) is 211 cm³/mol. The molecule has 8 aromatic carbocycles. The van der Waals surface area contributed by atoms with Gasteiger partial charge in [0.2, 0.25) is 0 Å². The molecule has 0 saturated heterocycles. The van der Waals surface area contributed by atoms with Crippen molar-refractivity contribution < 1.29 is 0 Å². The molecular formula is C46H28N2S. The van der Waals surface area contributed by atoms with Crippen molar-refractivity contribution in [1.29, 1.82) is 0 Å². The van der Waals surface area contributed by atoms with Crippen molar-refractivity contribution in [2.75, 3.05) is 0 Å². The van der Waals surface area contributed by atoms with Gasteiger partial charge in [-0.1, -0.05) is 109 Å². The van der Waals surface area contributed by atoms with Crippen LogP contribution >= 0.6 is 11.3 Å². The molecule has 0 bridgehead atoms. The Morgan fingerprint density at radius 2 is 1.02 bits per heavy atom. The van der Waals surface area contributed by atoms with Crippen LogP contribution in [0.1, 0.15) is 0 Å². The third kappa shape index (κ3) is 3.76. The first-order valence-corrected chi connectivity index (χ1v) is 17.6. The van der Waals surface area contributed by atoms with E-state index < -0.39 is 0 Å². The largest absolute Gasteiger partial charge is 0.309 e. The zero-order valence-corrected chi connectivity index (χ0v) is 27.3. The van der Waals surface area contributed by atoms with Gasteiger partial charge in [-0.2, -0.15) is 0 Å². The zero-order valence-electron chi connectivity index (χ0n) is 26.5. The van der Waals surface area contributed by atoms with E-state index >= 15 is 0 Å². The smallest absolute Gasteiger partial charge is 0.0634 e. The lowest BCUT2D eigenvalue weighted by Crippen LogP contribution is -1.94. The Morgan fingerprint density at radius 1 is 0.388 bits per heavy atom. The van der Waals surface area contributed by atoms with Crippen LogP contribution in [0, 0.1) is 0 Å². The molecule has 11 aromatic rings. The van der Waals surface area contributed by atoms with Crippen molar-refractivity contribution in [3.05, 3.63) is 170 Å². The average molecular weight is 641 g/mol. The lowest BCUT2D eigenvalue weighted by Gasteiger charge is -2.11. The Kier molecular flexibility index (Phi) is 5.57. The summed E-state index contributed by atoms with van der Waals surface area (Å²) in [5, 5.41) is 10.3. The van der Waals surface area contributed by atoms with Gasteiger partial charge in [-0.05, 0) is 77.0 Å². The summed E-state index contributed by atoms with van der Waals surface area (Å²) in [6.07, 6.45) is 0. The van der Waals surface area contributed by atoms with Gasteiger partial charge in [0.25, 0.3) is 0 Å². The minimum atomic E-state index is 1.18. The van der Waals surface area contributed by atoms with Crippen LogP contribution in [0.3, 0.4) is 0 Å². The van der Waals surface area contributed by atoms with E-state index in [1.165, 1.54) is 97.1 Å². The van der Waals surface area contributed by atoms with Crippen molar-refractivity contribution in [2.24, 2.45) is 0 Å². The second kappa shape index (κ2) is 10.2. The Balaban J connectivity index is 1.32. The minimum Gasteiger partial charge on any atom is -0.309 e. The van der Waals surface area contributed by atoms with Crippen LogP contribution < -0.4 is 0 Å². The lowest BCUT2D eigenvalue weighted by molar-refractivity contribution is 1.18. The third-order valence-corrected chi connectivity index (χ3v) is 11.5. The Morgan fingerprint density at radius 3 is 1.84 bits per heavy atom. The molecule has 0 radical (unpaired) electrons. The van der Waals surface area contributed by atoms with Crippen molar-refractivity contribution >= 4 is 85.9 Å². The minimum absolute atomic E-state index is 1.18. The average Bonchev–Trinajstić information content (AvgIpc) is 3.83. The summed E-state index contributed by atoms with van der Waals surface area (Å²) in [5.41, 5.74) is 9.82. The number of thiophene rings is 1. The molecule has 0 N–H and O–H groups in total. The highest BCUT2D eigenvalue weighted by molar-refractivity contribution is 7.26. The molecule has 0 saturated carbocycles. The van der Waals surface area contributed by atoms with Gasteiger partial charge in [-0.15, -0.1) is 11.3 Å². The first-order valence-electron chi connectivity index (χ1n) is 16.8. The Bertz CT molecular complexity index is 3090. The highest BCUT2D eigenvalue weighted by atomic mass is 32.1. The second-order valence-electron chi connectivity index (χ2n) is 12.9. The number of aromatic nitrogens is 2. The normalized spacial score (nSPS) is 12.1. The van der Waals surface area contributed by atoms with E-state index in [1.54, 1.807) is 0 Å². The highest BCUT2D eigenvalue weighted by Crippen LogP contribution is 2.49. The Hall–Kier alpha value is -6.16. The monoisotopic (exact) mass is 640 g/mol. The van der Waals surface area contributed by atoms with Gasteiger partial charge in [-0.3, -0.25) is 0 Å². The number of fused-ring (bicyclic) bond motifs is 12. The number of hydrogen-bond acceptors (Lipinski definition) is 1. The van der Waals surface area contributed by atoms with E-state index in [-0.39, 0.29) is 0 Å². The summed E-state index contributed by atoms with van der Waals surface area (Å²) in [4.78, 5) is 0. The fourth-order valence-corrected chi connectivity index (χ4v) is 9.45. The van der Waals surface area contributed by atoms with Gasteiger partial charge in [-0.25, -0.2) is 0 Å². The van der Waals surface area contributed by atoms with Crippen molar-refractivity contribution in [3.63, 3.8) is 0 Å². The van der Waals surface area contributed by atoms with E-state index in [2.05, 4.69) is 179 Å². The molecule has 0 aliphatic rings. The Labute approximate surface area is 286 Å².